The summed E-state index contributed by atoms with van der Waals surface area (Å²) < 4.78 is 13.5. The van der Waals surface area contributed by atoms with Crippen molar-refractivity contribution < 1.29 is 19.7 Å². The van der Waals surface area contributed by atoms with Crippen LogP contribution in [0.15, 0.2) is 60.7 Å². The molecule has 3 aliphatic heterocycles. The van der Waals surface area contributed by atoms with Gasteiger partial charge in [-0.3, -0.25) is 4.90 Å². The number of benzene rings is 3. The molecular weight excluding hydrogens is 490 g/mol. The molecule has 1 saturated heterocycles. The van der Waals surface area contributed by atoms with Crippen LogP contribution in [0.5, 0.6) is 23.0 Å². The maximum absolute atomic E-state index is 10.7. The smallest absolute Gasteiger partial charge is 0.187 e. The molecule has 0 saturated carbocycles. The molecular formula is C32H33N3O4. The Bertz CT molecular complexity index is 1600. The average molecular weight is 524 g/mol. The number of hydrogen-bond acceptors (Lipinski definition) is 7. The molecule has 0 bridgehead atoms. The Balaban J connectivity index is 1.20. The Labute approximate surface area is 228 Å². The number of aromatic hydroxyl groups is 2. The van der Waals surface area contributed by atoms with Gasteiger partial charge in [-0.2, -0.15) is 0 Å². The summed E-state index contributed by atoms with van der Waals surface area (Å²) in [4.78, 5) is 9.68. The summed E-state index contributed by atoms with van der Waals surface area (Å²) in [5.41, 5.74) is 3.62. The van der Waals surface area contributed by atoms with Gasteiger partial charge in [0.05, 0.1) is 5.52 Å². The lowest BCUT2D eigenvalue weighted by molar-refractivity contribution is -0.0657. The number of para-hydroxylation sites is 1. The quantitative estimate of drug-likeness (QED) is 0.380. The first-order chi connectivity index (χ1) is 18.8. The van der Waals surface area contributed by atoms with Gasteiger partial charge < -0.3 is 24.6 Å². The van der Waals surface area contributed by atoms with Crippen molar-refractivity contribution in [1.82, 2.24) is 9.88 Å². The first kappa shape index (κ1) is 24.1. The number of phenols is 2. The molecule has 3 aliphatic rings. The van der Waals surface area contributed by atoms with E-state index in [2.05, 4.69) is 41.0 Å². The second kappa shape index (κ2) is 8.78. The van der Waals surface area contributed by atoms with Gasteiger partial charge in [-0.25, -0.2) is 4.98 Å². The maximum Gasteiger partial charge on any atom is 0.187 e. The minimum atomic E-state index is -0.778. The van der Waals surface area contributed by atoms with Crippen LogP contribution in [-0.4, -0.2) is 58.9 Å². The van der Waals surface area contributed by atoms with Crippen LogP contribution in [0.4, 0.5) is 5.82 Å². The van der Waals surface area contributed by atoms with Crippen LogP contribution in [0.2, 0.25) is 0 Å². The van der Waals surface area contributed by atoms with E-state index in [1.54, 1.807) is 0 Å². The number of piperazine rings is 1. The molecule has 1 aromatic heterocycles. The van der Waals surface area contributed by atoms with Crippen molar-refractivity contribution in [1.29, 1.82) is 0 Å². The van der Waals surface area contributed by atoms with Gasteiger partial charge in [0, 0.05) is 55.2 Å². The summed E-state index contributed by atoms with van der Waals surface area (Å²) >= 11 is 0. The number of hydrogen-bond donors (Lipinski definition) is 2. The van der Waals surface area contributed by atoms with E-state index < -0.39 is 5.60 Å². The number of pyridine rings is 1. The van der Waals surface area contributed by atoms with E-state index in [-0.39, 0.29) is 23.5 Å². The van der Waals surface area contributed by atoms with E-state index in [0.29, 0.717) is 6.54 Å². The Kier molecular flexibility index (Phi) is 5.42. The largest absolute Gasteiger partial charge is 0.508 e. The lowest BCUT2D eigenvalue weighted by Crippen LogP contribution is -2.58. The summed E-state index contributed by atoms with van der Waals surface area (Å²) in [6.45, 7) is 9.97. The number of fused-ring (bicyclic) bond motifs is 5. The summed E-state index contributed by atoms with van der Waals surface area (Å²) in [7, 11) is 0. The molecule has 0 spiro atoms. The maximum atomic E-state index is 10.7. The summed E-state index contributed by atoms with van der Waals surface area (Å²) in [5.74, 6) is 3.02. The third-order valence-electron chi connectivity index (χ3n) is 8.77. The van der Waals surface area contributed by atoms with Crippen molar-refractivity contribution in [2.24, 2.45) is 0 Å². The van der Waals surface area contributed by atoms with E-state index in [0.717, 1.165) is 76.7 Å². The Morgan fingerprint density at radius 1 is 0.897 bits per heavy atom. The fraction of sp³-hybridized carbons (Fsp3) is 0.344. The number of rotatable bonds is 3. The minimum Gasteiger partial charge on any atom is -0.508 e. The molecule has 7 heteroatoms. The number of anilines is 1. The summed E-state index contributed by atoms with van der Waals surface area (Å²) in [6, 6.07) is 19.9. The topological polar surface area (TPSA) is 78.3 Å². The molecule has 0 radical (unpaired) electrons. The number of aryl methyl sites for hydroxylation is 2. The van der Waals surface area contributed by atoms with Gasteiger partial charge >= 0.3 is 0 Å². The molecule has 1 fully saturated rings. The zero-order valence-electron chi connectivity index (χ0n) is 22.5. The zero-order valence-corrected chi connectivity index (χ0v) is 22.5. The third kappa shape index (κ3) is 3.79. The molecule has 39 heavy (non-hydrogen) atoms. The molecule has 7 rings (SSSR count). The van der Waals surface area contributed by atoms with Gasteiger partial charge in [-0.1, -0.05) is 25.1 Å². The number of phenolic OH excluding ortho intramolecular Hbond substituents is 2. The molecule has 2 N–H and O–H groups in total. The standard InChI is InChI=1S/C32H33N3O4/c1-19-14-28-23(16-26(19)36)21(3)31-32(39-28,24-17-27(37)20(2)15-29(24)38-31)18-34-10-12-35(13-11-34)30-9-8-22-6-4-5-7-25(22)33-30/h4-9,14-17,21,31,36-37H,10-13,18H2,1-3H3/t21-,31-,32-/m1/s1. The van der Waals surface area contributed by atoms with Crippen LogP contribution in [0.1, 0.15) is 35.1 Å². The third-order valence-corrected chi connectivity index (χ3v) is 8.77. The van der Waals surface area contributed by atoms with Gasteiger partial charge in [0.15, 0.2) is 11.7 Å². The summed E-state index contributed by atoms with van der Waals surface area (Å²) in [6.07, 6.45) is -0.288. The van der Waals surface area contributed by atoms with E-state index in [4.69, 9.17) is 14.5 Å². The van der Waals surface area contributed by atoms with Crippen LogP contribution in [0.25, 0.3) is 10.9 Å². The van der Waals surface area contributed by atoms with Crippen molar-refractivity contribution in [3.63, 3.8) is 0 Å². The second-order valence-electron chi connectivity index (χ2n) is 11.3. The summed E-state index contributed by atoms with van der Waals surface area (Å²) in [5, 5.41) is 22.3. The van der Waals surface area contributed by atoms with E-state index in [9.17, 15) is 10.2 Å². The highest BCUT2D eigenvalue weighted by Gasteiger charge is 2.58. The highest BCUT2D eigenvalue weighted by molar-refractivity contribution is 5.80. The molecule has 200 valence electrons. The Morgan fingerprint density at radius 3 is 2.41 bits per heavy atom. The monoisotopic (exact) mass is 523 g/mol. The van der Waals surface area contributed by atoms with Gasteiger partial charge in [-0.05, 0) is 67.4 Å². The molecule has 4 heterocycles. The predicted octanol–water partition coefficient (Wildman–Crippen LogP) is 5.24. The molecule has 0 amide bonds. The fourth-order valence-electron chi connectivity index (χ4n) is 6.50. The fourth-order valence-corrected chi connectivity index (χ4v) is 6.50. The van der Waals surface area contributed by atoms with Crippen LogP contribution in [-0.2, 0) is 5.60 Å². The number of nitrogens with zero attached hydrogens (tertiary/aromatic N) is 3. The SMILES string of the molecule is Cc1cc2c(cc1O)[C@@H](C)[C@H]1Oc3cc(C)c(O)cc3[C@@]1(CN1CCN(c3ccc4ccccc4n3)CC1)O2. The first-order valence-corrected chi connectivity index (χ1v) is 13.7. The number of ether oxygens (including phenoxy) is 2. The van der Waals surface area contributed by atoms with Crippen LogP contribution in [0.3, 0.4) is 0 Å². The Morgan fingerprint density at radius 2 is 1.62 bits per heavy atom. The van der Waals surface area contributed by atoms with E-state index in [1.165, 1.54) is 0 Å². The highest BCUT2D eigenvalue weighted by atomic mass is 16.6. The molecule has 0 unspecified atom stereocenters. The average Bonchev–Trinajstić information content (AvgIpc) is 3.23. The Hall–Kier alpha value is -3.97. The van der Waals surface area contributed by atoms with Crippen molar-refractivity contribution in [2.45, 2.75) is 38.4 Å². The van der Waals surface area contributed by atoms with Crippen molar-refractivity contribution in [2.75, 3.05) is 37.6 Å². The molecule has 3 atom stereocenters. The van der Waals surface area contributed by atoms with Crippen LogP contribution >= 0.6 is 0 Å². The highest BCUT2D eigenvalue weighted by Crippen LogP contribution is 2.55. The van der Waals surface area contributed by atoms with Gasteiger partial charge in [0.2, 0.25) is 0 Å². The molecule has 0 aliphatic carbocycles. The van der Waals surface area contributed by atoms with Crippen LogP contribution < -0.4 is 14.4 Å². The predicted molar refractivity (Wildman–Crippen MR) is 151 cm³/mol. The van der Waals surface area contributed by atoms with Gasteiger partial charge in [-0.15, -0.1) is 0 Å². The van der Waals surface area contributed by atoms with Gasteiger partial charge in [0.25, 0.3) is 0 Å². The van der Waals surface area contributed by atoms with E-state index >= 15 is 0 Å². The van der Waals surface area contributed by atoms with E-state index in [1.807, 2.05) is 50.2 Å². The van der Waals surface area contributed by atoms with Crippen molar-refractivity contribution in [3.05, 3.63) is 82.9 Å². The zero-order chi connectivity index (χ0) is 26.9. The number of aromatic nitrogens is 1. The molecule has 4 aromatic rings. The lowest BCUT2D eigenvalue weighted by Gasteiger charge is -2.46. The van der Waals surface area contributed by atoms with Gasteiger partial charge in [0.1, 0.15) is 28.8 Å². The normalized spacial score (nSPS) is 24.0. The lowest BCUT2D eigenvalue weighted by atomic mass is 9.77. The van der Waals surface area contributed by atoms with Crippen LogP contribution in [0, 0.1) is 13.8 Å². The second-order valence-corrected chi connectivity index (χ2v) is 11.3. The molecule has 7 nitrogen and oxygen atoms in total. The first-order valence-electron chi connectivity index (χ1n) is 13.7. The van der Waals surface area contributed by atoms with Crippen molar-refractivity contribution in [3.8, 4) is 23.0 Å². The molecule has 3 aromatic carbocycles. The van der Waals surface area contributed by atoms with Crippen molar-refractivity contribution >= 4 is 16.7 Å². The minimum absolute atomic E-state index is 0.0156.